The van der Waals surface area contributed by atoms with Gasteiger partial charge < -0.3 is 16.0 Å². The van der Waals surface area contributed by atoms with Crippen LogP contribution in [0.2, 0.25) is 0 Å². The molecule has 0 amide bonds. The molecular formula is C22H36IN5. The Balaban J connectivity index is 0.00000225. The summed E-state index contributed by atoms with van der Waals surface area (Å²) in [7, 11) is 0. The Morgan fingerprint density at radius 1 is 0.964 bits per heavy atom. The van der Waals surface area contributed by atoms with Gasteiger partial charge in [0.1, 0.15) is 0 Å². The topological polar surface area (TPSA) is 56.9 Å². The number of nitrogens with zero attached hydrogens (tertiary/aromatic N) is 3. The number of halogens is 1. The Kier molecular flexibility index (Phi) is 8.26. The molecule has 1 heterocycles. The van der Waals surface area contributed by atoms with Gasteiger partial charge in [-0.25, -0.2) is 4.99 Å². The van der Waals surface area contributed by atoms with Crippen molar-refractivity contribution in [3.63, 3.8) is 0 Å². The second-order valence-corrected chi connectivity index (χ2v) is 8.58. The summed E-state index contributed by atoms with van der Waals surface area (Å²) >= 11 is 0. The molecule has 1 aromatic rings. The maximum absolute atomic E-state index is 6.08. The first-order valence-corrected chi connectivity index (χ1v) is 10.9. The van der Waals surface area contributed by atoms with Gasteiger partial charge in [-0.15, -0.1) is 24.0 Å². The number of nitrogens with two attached hydrogens (primary N) is 1. The van der Waals surface area contributed by atoms with E-state index in [1.54, 1.807) is 0 Å². The first kappa shape index (κ1) is 21.7. The third-order valence-corrected chi connectivity index (χ3v) is 6.28. The number of aliphatic imine (C=N–C) groups is 1. The quantitative estimate of drug-likeness (QED) is 0.359. The number of nitrogens with one attached hydrogen (secondary N) is 1. The predicted molar refractivity (Wildman–Crippen MR) is 129 cm³/mol. The summed E-state index contributed by atoms with van der Waals surface area (Å²) in [4.78, 5) is 9.68. The highest BCUT2D eigenvalue weighted by Crippen LogP contribution is 2.30. The molecule has 156 valence electrons. The van der Waals surface area contributed by atoms with E-state index < -0.39 is 0 Å². The van der Waals surface area contributed by atoms with Crippen LogP contribution in [-0.4, -0.2) is 49.6 Å². The first-order valence-electron chi connectivity index (χ1n) is 10.9. The molecule has 6 heteroatoms. The van der Waals surface area contributed by atoms with Crippen LogP contribution in [-0.2, 0) is 6.54 Å². The average molecular weight is 497 g/mol. The van der Waals surface area contributed by atoms with Gasteiger partial charge >= 0.3 is 0 Å². The SMILES string of the molecule is I.NC(=NCc1ccc(N2CCN(CC3CC3)CC2)cc1)NC1CCCCC1. The third kappa shape index (κ3) is 6.51. The van der Waals surface area contributed by atoms with E-state index in [2.05, 4.69) is 44.4 Å². The molecule has 0 radical (unpaired) electrons. The van der Waals surface area contributed by atoms with Gasteiger partial charge in [-0.1, -0.05) is 31.4 Å². The summed E-state index contributed by atoms with van der Waals surface area (Å²) in [6.07, 6.45) is 9.31. The second kappa shape index (κ2) is 10.7. The number of guanidine groups is 1. The van der Waals surface area contributed by atoms with E-state index >= 15 is 0 Å². The van der Waals surface area contributed by atoms with Gasteiger partial charge in [0.05, 0.1) is 6.54 Å². The van der Waals surface area contributed by atoms with E-state index in [4.69, 9.17) is 5.73 Å². The van der Waals surface area contributed by atoms with E-state index in [1.807, 2.05) is 0 Å². The molecule has 28 heavy (non-hydrogen) atoms. The fourth-order valence-electron chi connectivity index (χ4n) is 4.34. The van der Waals surface area contributed by atoms with E-state index in [0.717, 1.165) is 19.0 Å². The van der Waals surface area contributed by atoms with Crippen molar-refractivity contribution in [2.45, 2.75) is 57.5 Å². The van der Waals surface area contributed by atoms with Crippen molar-refractivity contribution in [3.05, 3.63) is 29.8 Å². The first-order chi connectivity index (χ1) is 13.3. The smallest absolute Gasteiger partial charge is 0.189 e. The summed E-state index contributed by atoms with van der Waals surface area (Å²) in [5.41, 5.74) is 8.63. The lowest BCUT2D eigenvalue weighted by Gasteiger charge is -2.36. The van der Waals surface area contributed by atoms with Crippen LogP contribution in [0.1, 0.15) is 50.5 Å². The van der Waals surface area contributed by atoms with Gasteiger partial charge in [-0.3, -0.25) is 4.90 Å². The van der Waals surface area contributed by atoms with E-state index in [9.17, 15) is 0 Å². The molecule has 2 aliphatic carbocycles. The summed E-state index contributed by atoms with van der Waals surface area (Å²) < 4.78 is 0. The lowest BCUT2D eigenvalue weighted by molar-refractivity contribution is 0.248. The van der Waals surface area contributed by atoms with Crippen molar-refractivity contribution in [2.75, 3.05) is 37.6 Å². The second-order valence-electron chi connectivity index (χ2n) is 8.58. The fraction of sp³-hybridized carbons (Fsp3) is 0.682. The summed E-state index contributed by atoms with van der Waals surface area (Å²) in [5.74, 6) is 1.59. The van der Waals surface area contributed by atoms with Crippen molar-refractivity contribution >= 4 is 35.6 Å². The average Bonchev–Trinajstić information content (AvgIpc) is 3.52. The molecule has 4 rings (SSSR count). The molecule has 0 spiro atoms. The molecule has 0 unspecified atom stereocenters. The van der Waals surface area contributed by atoms with Gasteiger partial charge in [0.2, 0.25) is 0 Å². The Hall–Kier alpha value is -1.02. The molecule has 0 aromatic heterocycles. The van der Waals surface area contributed by atoms with Crippen LogP contribution in [0, 0.1) is 5.92 Å². The zero-order chi connectivity index (χ0) is 18.5. The maximum Gasteiger partial charge on any atom is 0.189 e. The van der Waals surface area contributed by atoms with Crippen molar-refractivity contribution in [1.29, 1.82) is 0 Å². The molecular weight excluding hydrogens is 461 g/mol. The highest BCUT2D eigenvalue weighted by molar-refractivity contribution is 14.0. The van der Waals surface area contributed by atoms with Gasteiger partial charge in [0.15, 0.2) is 5.96 Å². The fourth-order valence-corrected chi connectivity index (χ4v) is 4.34. The van der Waals surface area contributed by atoms with Crippen LogP contribution in [0.5, 0.6) is 0 Å². The summed E-state index contributed by atoms with van der Waals surface area (Å²) in [6.45, 7) is 6.66. The largest absolute Gasteiger partial charge is 0.370 e. The normalized spacial score (nSPS) is 22.0. The van der Waals surface area contributed by atoms with Crippen LogP contribution in [0.25, 0.3) is 0 Å². The molecule has 0 bridgehead atoms. The molecule has 0 atom stereocenters. The highest BCUT2D eigenvalue weighted by atomic mass is 127. The number of anilines is 1. The third-order valence-electron chi connectivity index (χ3n) is 6.28. The number of piperazine rings is 1. The Morgan fingerprint density at radius 2 is 1.64 bits per heavy atom. The minimum Gasteiger partial charge on any atom is -0.370 e. The molecule has 2 saturated carbocycles. The predicted octanol–water partition coefficient (Wildman–Crippen LogP) is 3.57. The highest BCUT2D eigenvalue weighted by Gasteiger charge is 2.26. The van der Waals surface area contributed by atoms with Crippen molar-refractivity contribution < 1.29 is 0 Å². The van der Waals surface area contributed by atoms with E-state index in [-0.39, 0.29) is 24.0 Å². The zero-order valence-corrected chi connectivity index (χ0v) is 19.3. The van der Waals surface area contributed by atoms with Gasteiger partial charge in [-0.05, 0) is 49.3 Å². The lowest BCUT2D eigenvalue weighted by Crippen LogP contribution is -2.47. The standard InChI is InChI=1S/C22H35N5.HI/c23-22(25-20-4-2-1-3-5-20)24-16-18-8-10-21(11-9-18)27-14-12-26(13-15-27)17-19-6-7-19;/h8-11,19-20H,1-7,12-17H2,(H3,23,24,25);1H. The molecule has 1 aliphatic heterocycles. The van der Waals surface area contributed by atoms with Crippen LogP contribution in [0.3, 0.4) is 0 Å². The Morgan fingerprint density at radius 3 is 2.29 bits per heavy atom. The Labute approximate surface area is 187 Å². The molecule has 1 aromatic carbocycles. The molecule has 5 nitrogen and oxygen atoms in total. The van der Waals surface area contributed by atoms with Crippen LogP contribution >= 0.6 is 24.0 Å². The molecule has 1 saturated heterocycles. The lowest BCUT2D eigenvalue weighted by atomic mass is 9.96. The van der Waals surface area contributed by atoms with Crippen LogP contribution in [0.15, 0.2) is 29.3 Å². The Bertz CT molecular complexity index is 614. The van der Waals surface area contributed by atoms with Gasteiger partial charge in [0.25, 0.3) is 0 Å². The molecule has 3 N–H and O–H groups in total. The minimum absolute atomic E-state index is 0. The number of hydrogen-bond donors (Lipinski definition) is 2. The van der Waals surface area contributed by atoms with E-state index in [0.29, 0.717) is 18.5 Å². The van der Waals surface area contributed by atoms with Crippen LogP contribution < -0.4 is 16.0 Å². The van der Waals surface area contributed by atoms with Gasteiger partial charge in [0, 0.05) is 44.5 Å². The molecule has 3 fully saturated rings. The monoisotopic (exact) mass is 497 g/mol. The van der Waals surface area contributed by atoms with Crippen molar-refractivity contribution in [3.8, 4) is 0 Å². The zero-order valence-electron chi connectivity index (χ0n) is 17.0. The molecule has 3 aliphatic rings. The summed E-state index contributed by atoms with van der Waals surface area (Å²) in [5, 5.41) is 3.39. The number of rotatable bonds is 6. The minimum atomic E-state index is 0. The van der Waals surface area contributed by atoms with E-state index in [1.165, 1.54) is 75.8 Å². The number of benzene rings is 1. The van der Waals surface area contributed by atoms with Crippen LogP contribution in [0.4, 0.5) is 5.69 Å². The number of hydrogen-bond acceptors (Lipinski definition) is 3. The van der Waals surface area contributed by atoms with Crippen molar-refractivity contribution in [2.24, 2.45) is 16.6 Å². The van der Waals surface area contributed by atoms with Crippen molar-refractivity contribution in [1.82, 2.24) is 10.2 Å². The van der Waals surface area contributed by atoms with Gasteiger partial charge in [-0.2, -0.15) is 0 Å². The maximum atomic E-state index is 6.08. The summed E-state index contributed by atoms with van der Waals surface area (Å²) in [6, 6.07) is 9.40.